The highest BCUT2D eigenvalue weighted by Gasteiger charge is 2.04. The van der Waals surface area contributed by atoms with Crippen molar-refractivity contribution < 1.29 is 0 Å². The molecule has 3 N–H and O–H groups in total. The third-order valence-electron chi connectivity index (χ3n) is 2.43. The summed E-state index contributed by atoms with van der Waals surface area (Å²) >= 11 is 14.3. The van der Waals surface area contributed by atoms with E-state index in [1.807, 2.05) is 31.2 Å². The van der Waals surface area contributed by atoms with E-state index in [0.717, 1.165) is 21.4 Å². The minimum absolute atomic E-state index is 0.353. The second-order valence-electron chi connectivity index (χ2n) is 4.00. The van der Waals surface area contributed by atoms with Crippen molar-refractivity contribution in [3.63, 3.8) is 0 Å². The molecule has 0 fully saturated rings. The number of nitrogens with one attached hydrogen (secondary N) is 1. The van der Waals surface area contributed by atoms with E-state index in [9.17, 15) is 0 Å². The Morgan fingerprint density at radius 1 is 1.37 bits per heavy atom. The SMILES string of the molecule is Cc1cc(C(N)=S)cc(Nc2ccc(Cl)c(Br)c2)n1. The molecule has 2 rings (SSSR count). The van der Waals surface area contributed by atoms with E-state index in [0.29, 0.717) is 15.8 Å². The maximum Gasteiger partial charge on any atom is 0.131 e. The Morgan fingerprint density at radius 3 is 2.74 bits per heavy atom. The highest BCUT2D eigenvalue weighted by atomic mass is 79.9. The molecule has 0 aliphatic heterocycles. The van der Waals surface area contributed by atoms with Crippen LogP contribution in [0, 0.1) is 6.92 Å². The first-order valence-corrected chi connectivity index (χ1v) is 7.04. The van der Waals surface area contributed by atoms with Crippen LogP contribution in [0.3, 0.4) is 0 Å². The highest BCUT2D eigenvalue weighted by molar-refractivity contribution is 9.10. The van der Waals surface area contributed by atoms with Gasteiger partial charge in [0.15, 0.2) is 0 Å². The standard InChI is InChI=1S/C13H11BrClN3S/c1-7-4-8(13(16)19)5-12(17-7)18-9-2-3-11(15)10(14)6-9/h2-6H,1H3,(H2,16,19)(H,17,18). The van der Waals surface area contributed by atoms with Gasteiger partial charge in [0.1, 0.15) is 10.8 Å². The Hall–Kier alpha value is -1.17. The Balaban J connectivity index is 2.32. The summed E-state index contributed by atoms with van der Waals surface area (Å²) in [5, 5.41) is 3.85. The molecule has 0 amide bonds. The lowest BCUT2D eigenvalue weighted by Crippen LogP contribution is -2.10. The number of nitrogens with two attached hydrogens (primary N) is 1. The molecular weight excluding hydrogens is 346 g/mol. The van der Waals surface area contributed by atoms with Gasteiger partial charge in [0, 0.05) is 21.4 Å². The second-order valence-corrected chi connectivity index (χ2v) is 5.70. The van der Waals surface area contributed by atoms with Gasteiger partial charge in [0.05, 0.1) is 5.02 Å². The number of anilines is 2. The zero-order valence-electron chi connectivity index (χ0n) is 10.1. The summed E-state index contributed by atoms with van der Waals surface area (Å²) in [7, 11) is 0. The number of nitrogens with zero attached hydrogens (tertiary/aromatic N) is 1. The maximum atomic E-state index is 5.95. The summed E-state index contributed by atoms with van der Waals surface area (Å²) in [5.41, 5.74) is 8.16. The monoisotopic (exact) mass is 355 g/mol. The quantitative estimate of drug-likeness (QED) is 0.810. The first kappa shape index (κ1) is 14.2. The topological polar surface area (TPSA) is 50.9 Å². The predicted molar refractivity (Wildman–Crippen MR) is 87.3 cm³/mol. The summed E-state index contributed by atoms with van der Waals surface area (Å²) in [5.74, 6) is 0.692. The number of thiocarbonyl (C=S) groups is 1. The average molecular weight is 357 g/mol. The molecule has 2 aromatic rings. The Kier molecular flexibility index (Phi) is 4.39. The lowest BCUT2D eigenvalue weighted by Gasteiger charge is -2.09. The molecule has 0 aliphatic carbocycles. The third kappa shape index (κ3) is 3.65. The molecule has 0 bridgehead atoms. The van der Waals surface area contributed by atoms with Crippen molar-refractivity contribution >= 4 is 56.2 Å². The molecule has 6 heteroatoms. The van der Waals surface area contributed by atoms with E-state index < -0.39 is 0 Å². The molecule has 0 aliphatic rings. The zero-order chi connectivity index (χ0) is 14.0. The number of benzene rings is 1. The molecule has 1 aromatic carbocycles. The van der Waals surface area contributed by atoms with Gasteiger partial charge >= 0.3 is 0 Å². The largest absolute Gasteiger partial charge is 0.389 e. The van der Waals surface area contributed by atoms with Crippen LogP contribution < -0.4 is 11.1 Å². The van der Waals surface area contributed by atoms with Crippen LogP contribution in [0.15, 0.2) is 34.8 Å². The summed E-state index contributed by atoms with van der Waals surface area (Å²) < 4.78 is 0.821. The van der Waals surface area contributed by atoms with Crippen LogP contribution in [-0.2, 0) is 0 Å². The summed E-state index contributed by atoms with van der Waals surface area (Å²) in [6.07, 6.45) is 0. The van der Waals surface area contributed by atoms with Gasteiger partial charge in [-0.3, -0.25) is 0 Å². The molecule has 0 spiro atoms. The lowest BCUT2D eigenvalue weighted by molar-refractivity contribution is 1.19. The molecular formula is C13H11BrClN3S. The van der Waals surface area contributed by atoms with E-state index >= 15 is 0 Å². The van der Waals surface area contributed by atoms with Crippen LogP contribution in [0.5, 0.6) is 0 Å². The summed E-state index contributed by atoms with van der Waals surface area (Å²) in [6.45, 7) is 1.89. The zero-order valence-corrected chi connectivity index (χ0v) is 13.2. The van der Waals surface area contributed by atoms with Crippen molar-refractivity contribution in [2.24, 2.45) is 5.73 Å². The molecule has 0 saturated carbocycles. The normalized spacial score (nSPS) is 10.3. The third-order valence-corrected chi connectivity index (χ3v) is 3.88. The van der Waals surface area contributed by atoms with Gasteiger partial charge in [0.2, 0.25) is 0 Å². The fourth-order valence-corrected chi connectivity index (χ4v) is 2.21. The van der Waals surface area contributed by atoms with E-state index in [4.69, 9.17) is 29.6 Å². The molecule has 3 nitrogen and oxygen atoms in total. The minimum atomic E-state index is 0.353. The predicted octanol–water partition coefficient (Wildman–Crippen LogP) is 4.18. The second kappa shape index (κ2) is 5.86. The smallest absolute Gasteiger partial charge is 0.131 e. The molecule has 0 saturated heterocycles. The molecule has 0 radical (unpaired) electrons. The van der Waals surface area contributed by atoms with Crippen LogP contribution in [0.4, 0.5) is 11.5 Å². The van der Waals surface area contributed by atoms with Gasteiger partial charge in [-0.05, 0) is 53.2 Å². The van der Waals surface area contributed by atoms with E-state index in [-0.39, 0.29) is 0 Å². The van der Waals surface area contributed by atoms with Crippen LogP contribution in [0.1, 0.15) is 11.3 Å². The Bertz CT molecular complexity index is 646. The highest BCUT2D eigenvalue weighted by Crippen LogP contribution is 2.27. The maximum absolute atomic E-state index is 5.95. The molecule has 0 atom stereocenters. The first-order valence-electron chi connectivity index (χ1n) is 5.46. The lowest BCUT2D eigenvalue weighted by atomic mass is 10.2. The molecule has 98 valence electrons. The Morgan fingerprint density at radius 2 is 2.11 bits per heavy atom. The number of rotatable bonds is 3. The number of halogens is 2. The fraction of sp³-hybridized carbons (Fsp3) is 0.0769. The van der Waals surface area contributed by atoms with Crippen LogP contribution in [0.2, 0.25) is 5.02 Å². The minimum Gasteiger partial charge on any atom is -0.389 e. The van der Waals surface area contributed by atoms with Crippen LogP contribution >= 0.6 is 39.7 Å². The number of pyridine rings is 1. The van der Waals surface area contributed by atoms with Gasteiger partial charge in [-0.2, -0.15) is 0 Å². The van der Waals surface area contributed by atoms with Gasteiger partial charge in [-0.15, -0.1) is 0 Å². The molecule has 1 aromatic heterocycles. The van der Waals surface area contributed by atoms with Crippen molar-refractivity contribution in [2.45, 2.75) is 6.92 Å². The molecule has 19 heavy (non-hydrogen) atoms. The van der Waals surface area contributed by atoms with E-state index in [2.05, 4.69) is 26.2 Å². The van der Waals surface area contributed by atoms with Crippen molar-refractivity contribution in [1.29, 1.82) is 0 Å². The molecule has 0 unspecified atom stereocenters. The summed E-state index contributed by atoms with van der Waals surface area (Å²) in [4.78, 5) is 4.74. The van der Waals surface area contributed by atoms with E-state index in [1.165, 1.54) is 0 Å². The van der Waals surface area contributed by atoms with Crippen molar-refractivity contribution in [3.8, 4) is 0 Å². The van der Waals surface area contributed by atoms with Crippen LogP contribution in [0.25, 0.3) is 0 Å². The fourth-order valence-electron chi connectivity index (χ4n) is 1.60. The number of aromatic nitrogens is 1. The Labute approximate surface area is 130 Å². The first-order chi connectivity index (χ1) is 8.95. The van der Waals surface area contributed by atoms with Gasteiger partial charge in [0.25, 0.3) is 0 Å². The summed E-state index contributed by atoms with van der Waals surface area (Å²) in [6, 6.07) is 9.23. The molecule has 1 heterocycles. The van der Waals surface area contributed by atoms with Gasteiger partial charge in [-0.1, -0.05) is 23.8 Å². The van der Waals surface area contributed by atoms with E-state index in [1.54, 1.807) is 6.07 Å². The van der Waals surface area contributed by atoms with Gasteiger partial charge < -0.3 is 11.1 Å². The van der Waals surface area contributed by atoms with Crippen LogP contribution in [-0.4, -0.2) is 9.97 Å². The number of aryl methyl sites for hydroxylation is 1. The average Bonchev–Trinajstić information content (AvgIpc) is 2.33. The van der Waals surface area contributed by atoms with Crippen molar-refractivity contribution in [1.82, 2.24) is 4.98 Å². The van der Waals surface area contributed by atoms with Crippen molar-refractivity contribution in [3.05, 3.63) is 51.1 Å². The number of hydrogen-bond acceptors (Lipinski definition) is 3. The van der Waals surface area contributed by atoms with Crippen molar-refractivity contribution in [2.75, 3.05) is 5.32 Å². The number of hydrogen-bond donors (Lipinski definition) is 2. The van der Waals surface area contributed by atoms with Gasteiger partial charge in [-0.25, -0.2) is 4.98 Å².